The van der Waals surface area contributed by atoms with E-state index in [9.17, 15) is 9.59 Å². The molecule has 1 aromatic heterocycles. The zero-order chi connectivity index (χ0) is 19.9. The van der Waals surface area contributed by atoms with Gasteiger partial charge in [-0.3, -0.25) is 4.79 Å². The second-order valence-corrected chi connectivity index (χ2v) is 5.74. The van der Waals surface area contributed by atoms with Gasteiger partial charge in [-0.15, -0.1) is 0 Å². The van der Waals surface area contributed by atoms with Crippen LogP contribution in [0.5, 0.6) is 11.5 Å². The van der Waals surface area contributed by atoms with Crippen molar-refractivity contribution in [3.63, 3.8) is 0 Å². The molecule has 0 saturated carbocycles. The van der Waals surface area contributed by atoms with Gasteiger partial charge in [0.05, 0.1) is 18.2 Å². The summed E-state index contributed by atoms with van der Waals surface area (Å²) in [6.07, 6.45) is 0. The number of aromatic nitrogens is 2. The standard InChI is InChI=1S/C20H18N2O6/c1-13-21-19(22-28-13)12-26-15-9-7-14(8-10-15)20(24)27-11-17(23)16-5-3-4-6-18(16)25-2/h3-10H,11-12H2,1-2H3. The SMILES string of the molecule is COc1ccccc1C(=O)COC(=O)c1ccc(OCc2noc(C)n2)cc1. The maximum absolute atomic E-state index is 12.2. The number of esters is 1. The van der Waals surface area contributed by atoms with Gasteiger partial charge in [0.25, 0.3) is 0 Å². The second kappa shape index (κ2) is 8.81. The third kappa shape index (κ3) is 4.73. The number of nitrogens with zero attached hydrogens (tertiary/aromatic N) is 2. The van der Waals surface area contributed by atoms with Gasteiger partial charge in [-0.2, -0.15) is 4.98 Å². The van der Waals surface area contributed by atoms with Crippen molar-refractivity contribution in [2.24, 2.45) is 0 Å². The molecule has 28 heavy (non-hydrogen) atoms. The van der Waals surface area contributed by atoms with E-state index in [-0.39, 0.29) is 19.0 Å². The van der Waals surface area contributed by atoms with Gasteiger partial charge >= 0.3 is 5.97 Å². The van der Waals surface area contributed by atoms with Crippen LogP contribution in [-0.4, -0.2) is 35.6 Å². The highest BCUT2D eigenvalue weighted by atomic mass is 16.5. The van der Waals surface area contributed by atoms with E-state index >= 15 is 0 Å². The molecule has 144 valence electrons. The van der Waals surface area contributed by atoms with E-state index in [1.807, 2.05) is 0 Å². The van der Waals surface area contributed by atoms with Crippen LogP contribution in [0.25, 0.3) is 0 Å². The zero-order valence-corrected chi connectivity index (χ0v) is 15.4. The predicted molar refractivity (Wildman–Crippen MR) is 97.4 cm³/mol. The number of ketones is 1. The average molecular weight is 382 g/mol. The van der Waals surface area contributed by atoms with E-state index in [1.165, 1.54) is 7.11 Å². The molecule has 0 unspecified atom stereocenters. The molecule has 0 aliphatic heterocycles. The number of hydrogen-bond donors (Lipinski definition) is 0. The molecule has 0 N–H and O–H groups in total. The van der Waals surface area contributed by atoms with Crippen molar-refractivity contribution in [1.29, 1.82) is 0 Å². The Hall–Kier alpha value is -3.68. The summed E-state index contributed by atoms with van der Waals surface area (Å²) in [4.78, 5) is 28.4. The Morgan fingerprint density at radius 3 is 2.50 bits per heavy atom. The summed E-state index contributed by atoms with van der Waals surface area (Å²) in [6.45, 7) is 1.46. The van der Waals surface area contributed by atoms with Crippen LogP contribution in [0.3, 0.4) is 0 Å². The first-order chi connectivity index (χ1) is 13.6. The van der Waals surface area contributed by atoms with Crippen LogP contribution in [0.1, 0.15) is 32.4 Å². The molecule has 3 rings (SSSR count). The second-order valence-electron chi connectivity index (χ2n) is 5.74. The molecule has 0 saturated heterocycles. The van der Waals surface area contributed by atoms with Crippen LogP contribution in [0, 0.1) is 6.92 Å². The summed E-state index contributed by atoms with van der Waals surface area (Å²) in [6, 6.07) is 13.1. The first-order valence-corrected chi connectivity index (χ1v) is 8.42. The molecule has 1 heterocycles. The highest BCUT2D eigenvalue weighted by Gasteiger charge is 2.15. The van der Waals surface area contributed by atoms with Crippen molar-refractivity contribution in [2.45, 2.75) is 13.5 Å². The van der Waals surface area contributed by atoms with E-state index < -0.39 is 5.97 Å². The fourth-order valence-electron chi connectivity index (χ4n) is 2.40. The van der Waals surface area contributed by atoms with Crippen LogP contribution in [0.15, 0.2) is 53.1 Å². The number of hydrogen-bond acceptors (Lipinski definition) is 8. The minimum atomic E-state index is -0.608. The maximum Gasteiger partial charge on any atom is 0.338 e. The van der Waals surface area contributed by atoms with Crippen molar-refractivity contribution in [2.75, 3.05) is 13.7 Å². The number of benzene rings is 2. The summed E-state index contributed by atoms with van der Waals surface area (Å²) < 4.78 is 20.6. The van der Waals surface area contributed by atoms with Gasteiger partial charge in [0.1, 0.15) is 11.5 Å². The third-order valence-electron chi connectivity index (χ3n) is 3.77. The molecule has 8 heteroatoms. The van der Waals surface area contributed by atoms with E-state index in [1.54, 1.807) is 55.5 Å². The topological polar surface area (TPSA) is 101 Å². The van der Waals surface area contributed by atoms with Crippen molar-refractivity contribution < 1.29 is 28.3 Å². The number of carbonyl (C=O) groups is 2. The molecule has 0 atom stereocenters. The van der Waals surface area contributed by atoms with Gasteiger partial charge in [-0.1, -0.05) is 17.3 Å². The zero-order valence-electron chi connectivity index (χ0n) is 15.4. The fourth-order valence-corrected chi connectivity index (χ4v) is 2.40. The van der Waals surface area contributed by atoms with Gasteiger partial charge in [0.15, 0.2) is 13.2 Å². The van der Waals surface area contributed by atoms with E-state index in [2.05, 4.69) is 10.1 Å². The number of para-hydroxylation sites is 1. The molecule has 0 aliphatic rings. The molecule has 0 fully saturated rings. The summed E-state index contributed by atoms with van der Waals surface area (Å²) in [5.41, 5.74) is 0.661. The Morgan fingerprint density at radius 2 is 1.82 bits per heavy atom. The lowest BCUT2D eigenvalue weighted by atomic mass is 10.1. The summed E-state index contributed by atoms with van der Waals surface area (Å²) >= 11 is 0. The number of aryl methyl sites for hydroxylation is 1. The van der Waals surface area contributed by atoms with Gasteiger partial charge in [0.2, 0.25) is 17.5 Å². The molecular formula is C20H18N2O6. The smallest absolute Gasteiger partial charge is 0.338 e. The van der Waals surface area contributed by atoms with Gasteiger partial charge in [0, 0.05) is 6.92 Å². The summed E-state index contributed by atoms with van der Waals surface area (Å²) in [7, 11) is 1.47. The molecule has 3 aromatic rings. The Kier molecular flexibility index (Phi) is 6.01. The molecule has 0 amide bonds. The third-order valence-corrected chi connectivity index (χ3v) is 3.77. The molecule has 0 aliphatic carbocycles. The fraction of sp³-hybridized carbons (Fsp3) is 0.200. The lowest BCUT2D eigenvalue weighted by molar-refractivity contribution is 0.0474. The number of Topliss-reactive ketones (excluding diaryl/α,β-unsaturated/α-hetero) is 1. The number of methoxy groups -OCH3 is 1. The molecule has 0 radical (unpaired) electrons. The normalized spacial score (nSPS) is 10.4. The van der Waals surface area contributed by atoms with Crippen LogP contribution < -0.4 is 9.47 Å². The predicted octanol–water partition coefficient (Wildman–Crippen LogP) is 3.01. The van der Waals surface area contributed by atoms with E-state index in [0.29, 0.717) is 34.3 Å². The quantitative estimate of drug-likeness (QED) is 0.433. The molecule has 8 nitrogen and oxygen atoms in total. The van der Waals surface area contributed by atoms with Crippen molar-refractivity contribution >= 4 is 11.8 Å². The van der Waals surface area contributed by atoms with Crippen molar-refractivity contribution in [3.8, 4) is 11.5 Å². The molecule has 0 spiro atoms. The Balaban J connectivity index is 1.53. The van der Waals surface area contributed by atoms with Crippen LogP contribution in [0.2, 0.25) is 0 Å². The van der Waals surface area contributed by atoms with E-state index in [4.69, 9.17) is 18.7 Å². The Labute approximate surface area is 161 Å². The largest absolute Gasteiger partial charge is 0.496 e. The maximum atomic E-state index is 12.2. The summed E-state index contributed by atoms with van der Waals surface area (Å²) in [5.74, 6) is 0.894. The van der Waals surface area contributed by atoms with Crippen LogP contribution in [-0.2, 0) is 11.3 Å². The molecule has 2 aromatic carbocycles. The first kappa shape index (κ1) is 19.1. The highest BCUT2D eigenvalue weighted by Crippen LogP contribution is 2.18. The minimum absolute atomic E-state index is 0.147. The van der Waals surface area contributed by atoms with Crippen LogP contribution >= 0.6 is 0 Å². The lowest BCUT2D eigenvalue weighted by Gasteiger charge is -2.08. The minimum Gasteiger partial charge on any atom is -0.496 e. The Morgan fingerprint density at radius 1 is 1.07 bits per heavy atom. The number of carbonyl (C=O) groups excluding carboxylic acids is 2. The summed E-state index contributed by atoms with van der Waals surface area (Å²) in [5, 5.41) is 3.73. The molecule has 0 bridgehead atoms. The lowest BCUT2D eigenvalue weighted by Crippen LogP contribution is -2.15. The number of rotatable bonds is 8. The van der Waals surface area contributed by atoms with Crippen LogP contribution in [0.4, 0.5) is 0 Å². The van der Waals surface area contributed by atoms with Gasteiger partial charge in [-0.25, -0.2) is 4.79 Å². The van der Waals surface area contributed by atoms with Gasteiger partial charge < -0.3 is 18.7 Å². The monoisotopic (exact) mass is 382 g/mol. The average Bonchev–Trinajstić information content (AvgIpc) is 3.15. The van der Waals surface area contributed by atoms with Crippen molar-refractivity contribution in [3.05, 3.63) is 71.4 Å². The Bertz CT molecular complexity index is 965. The highest BCUT2D eigenvalue weighted by molar-refractivity contribution is 6.01. The number of ether oxygens (including phenoxy) is 3. The van der Waals surface area contributed by atoms with Crippen molar-refractivity contribution in [1.82, 2.24) is 10.1 Å². The first-order valence-electron chi connectivity index (χ1n) is 8.42. The molecular weight excluding hydrogens is 364 g/mol. The van der Waals surface area contributed by atoms with Gasteiger partial charge in [-0.05, 0) is 36.4 Å². The van der Waals surface area contributed by atoms with E-state index in [0.717, 1.165) is 0 Å².